The van der Waals surface area contributed by atoms with Crippen molar-refractivity contribution in [2.24, 2.45) is 0 Å². The van der Waals surface area contributed by atoms with Crippen molar-refractivity contribution in [3.05, 3.63) is 66.2 Å². The van der Waals surface area contributed by atoms with Crippen LogP contribution in [0, 0.1) is 0 Å². The summed E-state index contributed by atoms with van der Waals surface area (Å²) in [6.07, 6.45) is 0. The molecule has 6 nitrogen and oxygen atoms in total. The average Bonchev–Trinajstić information content (AvgIpc) is 3.17. The first kappa shape index (κ1) is 19.1. The van der Waals surface area contributed by atoms with Crippen molar-refractivity contribution < 1.29 is 14.1 Å². The van der Waals surface area contributed by atoms with Crippen LogP contribution in [0.1, 0.15) is 11.6 Å². The van der Waals surface area contributed by atoms with Gasteiger partial charge in [-0.15, -0.1) is 10.2 Å². The van der Waals surface area contributed by atoms with Crippen molar-refractivity contribution in [1.82, 2.24) is 15.5 Å². The number of quaternary nitrogens is 1. The van der Waals surface area contributed by atoms with Gasteiger partial charge < -0.3 is 14.6 Å². The van der Waals surface area contributed by atoms with Crippen molar-refractivity contribution in [2.45, 2.75) is 11.3 Å². The summed E-state index contributed by atoms with van der Waals surface area (Å²) >= 11 is 1.24. The van der Waals surface area contributed by atoms with Gasteiger partial charge in [-0.05, 0) is 12.1 Å². The lowest BCUT2D eigenvalue weighted by Gasteiger charge is -2.22. The SMILES string of the molecule is C[NH+](C)[C@H](CNC(=O)CSc1nnc(-c2ccccc2)o1)c1ccccc1. The molecule has 1 aromatic heterocycles. The summed E-state index contributed by atoms with van der Waals surface area (Å²) < 4.78 is 5.61. The highest BCUT2D eigenvalue weighted by atomic mass is 32.2. The number of carbonyl (C=O) groups is 1. The van der Waals surface area contributed by atoms with Gasteiger partial charge in [-0.25, -0.2) is 0 Å². The third-order valence-electron chi connectivity index (χ3n) is 4.16. The first-order valence-electron chi connectivity index (χ1n) is 8.77. The van der Waals surface area contributed by atoms with E-state index in [2.05, 4.69) is 41.7 Å². The number of nitrogens with one attached hydrogen (secondary N) is 2. The Morgan fingerprint density at radius 2 is 1.74 bits per heavy atom. The second kappa shape index (κ2) is 9.34. The summed E-state index contributed by atoms with van der Waals surface area (Å²) in [5.41, 5.74) is 2.07. The Balaban J connectivity index is 1.50. The Hall–Kier alpha value is -2.64. The van der Waals surface area contributed by atoms with Crippen LogP contribution in [-0.2, 0) is 4.79 Å². The van der Waals surface area contributed by atoms with E-state index in [9.17, 15) is 4.79 Å². The van der Waals surface area contributed by atoms with Crippen LogP contribution in [0.25, 0.3) is 11.5 Å². The predicted molar refractivity (Wildman–Crippen MR) is 105 cm³/mol. The van der Waals surface area contributed by atoms with Gasteiger partial charge in [0.05, 0.1) is 26.4 Å². The zero-order chi connectivity index (χ0) is 19.1. The summed E-state index contributed by atoms with van der Waals surface area (Å²) in [7, 11) is 4.17. The molecule has 0 aliphatic carbocycles. The maximum Gasteiger partial charge on any atom is 0.277 e. The minimum absolute atomic E-state index is 0.0540. The molecular weight excluding hydrogens is 360 g/mol. The molecule has 0 saturated carbocycles. The number of amides is 1. The van der Waals surface area contributed by atoms with Gasteiger partial charge in [0.15, 0.2) is 0 Å². The Morgan fingerprint density at radius 1 is 1.07 bits per heavy atom. The molecule has 0 bridgehead atoms. The van der Waals surface area contributed by atoms with Crippen molar-refractivity contribution in [1.29, 1.82) is 0 Å². The minimum Gasteiger partial charge on any atom is -0.411 e. The topological polar surface area (TPSA) is 72.5 Å². The normalized spacial score (nSPS) is 12.1. The van der Waals surface area contributed by atoms with Crippen molar-refractivity contribution >= 4 is 17.7 Å². The van der Waals surface area contributed by atoms with E-state index in [1.807, 2.05) is 48.5 Å². The van der Waals surface area contributed by atoms with E-state index in [0.29, 0.717) is 17.7 Å². The summed E-state index contributed by atoms with van der Waals surface area (Å²) in [6, 6.07) is 20.0. The molecular formula is C20H23N4O2S+. The number of thioether (sulfide) groups is 1. The van der Waals surface area contributed by atoms with E-state index < -0.39 is 0 Å². The number of hydrogen-bond donors (Lipinski definition) is 2. The Bertz CT molecular complexity index is 853. The van der Waals surface area contributed by atoms with Gasteiger partial charge in [0, 0.05) is 11.1 Å². The molecule has 2 aromatic carbocycles. The molecule has 2 N–H and O–H groups in total. The van der Waals surface area contributed by atoms with E-state index in [1.165, 1.54) is 22.2 Å². The first-order chi connectivity index (χ1) is 13.1. The maximum atomic E-state index is 12.2. The molecule has 0 aliphatic rings. The van der Waals surface area contributed by atoms with Gasteiger partial charge in [-0.2, -0.15) is 0 Å². The van der Waals surface area contributed by atoms with Gasteiger partial charge in [0.1, 0.15) is 6.04 Å². The van der Waals surface area contributed by atoms with Gasteiger partial charge in [-0.3, -0.25) is 4.79 Å². The van der Waals surface area contributed by atoms with E-state index >= 15 is 0 Å². The zero-order valence-corrected chi connectivity index (χ0v) is 16.2. The smallest absolute Gasteiger partial charge is 0.277 e. The molecule has 0 radical (unpaired) electrons. The van der Waals surface area contributed by atoms with Crippen LogP contribution in [-0.4, -0.2) is 42.5 Å². The second-order valence-electron chi connectivity index (χ2n) is 6.37. The average molecular weight is 383 g/mol. The third kappa shape index (κ3) is 5.42. The predicted octanol–water partition coefficient (Wildman–Crippen LogP) is 1.83. The number of benzene rings is 2. The number of aromatic nitrogens is 2. The summed E-state index contributed by atoms with van der Waals surface area (Å²) in [6.45, 7) is 0.574. The highest BCUT2D eigenvalue weighted by Crippen LogP contribution is 2.22. The van der Waals surface area contributed by atoms with E-state index in [-0.39, 0.29) is 17.7 Å². The lowest BCUT2D eigenvalue weighted by Crippen LogP contribution is -3.07. The molecule has 3 rings (SSSR count). The van der Waals surface area contributed by atoms with Crippen molar-refractivity contribution in [3.8, 4) is 11.5 Å². The molecule has 140 valence electrons. The zero-order valence-electron chi connectivity index (χ0n) is 15.4. The number of hydrogen-bond acceptors (Lipinski definition) is 5. The second-order valence-corrected chi connectivity index (χ2v) is 7.30. The Kier molecular flexibility index (Phi) is 6.62. The van der Waals surface area contributed by atoms with Crippen molar-refractivity contribution in [2.75, 3.05) is 26.4 Å². The van der Waals surface area contributed by atoms with Gasteiger partial charge in [-0.1, -0.05) is 60.3 Å². The molecule has 0 fully saturated rings. The van der Waals surface area contributed by atoms with Crippen LogP contribution in [0.3, 0.4) is 0 Å². The number of likely N-dealkylation sites (N-methyl/N-ethyl adjacent to an activating group) is 1. The molecule has 0 spiro atoms. The maximum absolute atomic E-state index is 12.2. The summed E-state index contributed by atoms with van der Waals surface area (Å²) in [5, 5.41) is 11.4. The molecule has 1 amide bonds. The molecule has 0 aliphatic heterocycles. The molecule has 1 heterocycles. The fourth-order valence-electron chi connectivity index (χ4n) is 2.70. The quantitative estimate of drug-likeness (QED) is 0.581. The molecule has 0 unspecified atom stereocenters. The minimum atomic E-state index is -0.0540. The number of nitrogens with zero attached hydrogens (tertiary/aromatic N) is 2. The van der Waals surface area contributed by atoms with E-state index in [1.54, 1.807) is 0 Å². The van der Waals surface area contributed by atoms with Crippen LogP contribution in [0.5, 0.6) is 0 Å². The first-order valence-corrected chi connectivity index (χ1v) is 9.75. The summed E-state index contributed by atoms with van der Waals surface area (Å²) in [5.74, 6) is 0.640. The van der Waals surface area contributed by atoms with Crippen LogP contribution >= 0.6 is 11.8 Å². The number of rotatable bonds is 8. The summed E-state index contributed by atoms with van der Waals surface area (Å²) in [4.78, 5) is 13.5. The highest BCUT2D eigenvalue weighted by Gasteiger charge is 2.19. The fraction of sp³-hybridized carbons (Fsp3) is 0.250. The molecule has 27 heavy (non-hydrogen) atoms. The molecule has 1 atom stereocenters. The highest BCUT2D eigenvalue weighted by molar-refractivity contribution is 7.99. The van der Waals surface area contributed by atoms with Crippen LogP contribution in [0.15, 0.2) is 70.3 Å². The Morgan fingerprint density at radius 3 is 2.41 bits per heavy atom. The fourth-order valence-corrected chi connectivity index (χ4v) is 3.29. The Labute approximate surface area is 163 Å². The molecule has 7 heteroatoms. The largest absolute Gasteiger partial charge is 0.411 e. The standard InChI is InChI=1S/C20H22N4O2S/c1-24(2)17(15-9-5-3-6-10-15)13-21-18(25)14-27-20-23-22-19(26-20)16-11-7-4-8-12-16/h3-12,17H,13-14H2,1-2H3,(H,21,25)/p+1/t17-/m1/s1. The van der Waals surface area contributed by atoms with Gasteiger partial charge >= 0.3 is 0 Å². The van der Waals surface area contributed by atoms with Gasteiger partial charge in [0.25, 0.3) is 5.22 Å². The third-order valence-corrected chi connectivity index (χ3v) is 4.97. The molecule has 0 saturated heterocycles. The lowest BCUT2D eigenvalue weighted by molar-refractivity contribution is -0.890. The van der Waals surface area contributed by atoms with Crippen LogP contribution in [0.4, 0.5) is 0 Å². The number of carbonyl (C=O) groups excluding carboxylic acids is 1. The monoisotopic (exact) mass is 383 g/mol. The van der Waals surface area contributed by atoms with Crippen molar-refractivity contribution in [3.63, 3.8) is 0 Å². The van der Waals surface area contributed by atoms with Crippen LogP contribution < -0.4 is 10.2 Å². The lowest BCUT2D eigenvalue weighted by atomic mass is 10.1. The van der Waals surface area contributed by atoms with Gasteiger partial charge in [0.2, 0.25) is 11.8 Å². The van der Waals surface area contributed by atoms with Crippen LogP contribution in [0.2, 0.25) is 0 Å². The van der Waals surface area contributed by atoms with E-state index in [0.717, 1.165) is 5.56 Å². The van der Waals surface area contributed by atoms with E-state index in [4.69, 9.17) is 4.42 Å². The molecule has 3 aromatic rings.